The Labute approximate surface area is 187 Å². The molecule has 2 aromatic carbocycles. The molecule has 0 saturated carbocycles. The molecule has 2 aliphatic rings. The van der Waals surface area contributed by atoms with Gasteiger partial charge in [0.2, 0.25) is 0 Å². The Balaban J connectivity index is 1.77. The topological polar surface area (TPSA) is 85.3 Å². The standard InChI is InChI=1S/C25H27NO6/c1-3-31-19-12-8-17(9-13-19)23(27)21-22(16-6-10-18(30-2)11-7-16)26(25(29)24(21)28)15-20-5-4-14-32-20/h6-13,20,22,27H,3-5,14-15H2,1-2H3. The third kappa shape index (κ3) is 4.21. The van der Waals surface area contributed by atoms with Crippen LogP contribution in [0.15, 0.2) is 54.1 Å². The second-order valence-electron chi connectivity index (χ2n) is 7.82. The molecule has 2 unspecified atom stereocenters. The Hall–Kier alpha value is -3.32. The van der Waals surface area contributed by atoms with E-state index in [9.17, 15) is 14.7 Å². The van der Waals surface area contributed by atoms with E-state index in [1.54, 1.807) is 43.5 Å². The van der Waals surface area contributed by atoms with Crippen molar-refractivity contribution in [2.75, 3.05) is 26.9 Å². The van der Waals surface area contributed by atoms with Gasteiger partial charge in [-0.25, -0.2) is 0 Å². The van der Waals surface area contributed by atoms with E-state index in [1.807, 2.05) is 19.1 Å². The van der Waals surface area contributed by atoms with E-state index in [0.717, 1.165) is 18.4 Å². The van der Waals surface area contributed by atoms with Crippen molar-refractivity contribution in [2.45, 2.75) is 31.9 Å². The van der Waals surface area contributed by atoms with Crippen LogP contribution in [0.25, 0.3) is 5.76 Å². The maximum atomic E-state index is 13.1. The van der Waals surface area contributed by atoms with Gasteiger partial charge in [0, 0.05) is 18.7 Å². The molecule has 2 saturated heterocycles. The summed E-state index contributed by atoms with van der Waals surface area (Å²) >= 11 is 0. The lowest BCUT2D eigenvalue weighted by Gasteiger charge is -2.27. The molecule has 0 aliphatic carbocycles. The van der Waals surface area contributed by atoms with Gasteiger partial charge in [0.25, 0.3) is 11.7 Å². The van der Waals surface area contributed by atoms with Crippen LogP contribution < -0.4 is 9.47 Å². The van der Waals surface area contributed by atoms with Crippen molar-refractivity contribution in [1.82, 2.24) is 4.90 Å². The van der Waals surface area contributed by atoms with Crippen molar-refractivity contribution >= 4 is 17.4 Å². The predicted octanol–water partition coefficient (Wildman–Crippen LogP) is 3.69. The lowest BCUT2D eigenvalue weighted by Crippen LogP contribution is -2.36. The number of methoxy groups -OCH3 is 1. The fourth-order valence-electron chi connectivity index (χ4n) is 4.24. The van der Waals surface area contributed by atoms with Gasteiger partial charge in [0.05, 0.1) is 31.4 Å². The molecular weight excluding hydrogens is 410 g/mol. The summed E-state index contributed by atoms with van der Waals surface area (Å²) in [6.45, 7) is 3.35. The molecule has 2 aliphatic heterocycles. The van der Waals surface area contributed by atoms with E-state index in [4.69, 9.17) is 14.2 Å². The van der Waals surface area contributed by atoms with E-state index < -0.39 is 17.7 Å². The van der Waals surface area contributed by atoms with Gasteiger partial charge in [0.15, 0.2) is 0 Å². The molecule has 1 N–H and O–H groups in total. The number of Topliss-reactive ketones (excluding diaryl/α,β-unsaturated/α-hetero) is 1. The number of hydrogen-bond donors (Lipinski definition) is 1. The first-order chi connectivity index (χ1) is 15.5. The lowest BCUT2D eigenvalue weighted by molar-refractivity contribution is -0.140. The Bertz CT molecular complexity index is 1010. The van der Waals surface area contributed by atoms with Gasteiger partial charge in [-0.2, -0.15) is 0 Å². The fraction of sp³-hybridized carbons (Fsp3) is 0.360. The highest BCUT2D eigenvalue weighted by atomic mass is 16.5. The predicted molar refractivity (Wildman–Crippen MR) is 119 cm³/mol. The molecular formula is C25H27NO6. The molecule has 7 nitrogen and oxygen atoms in total. The number of rotatable bonds is 7. The fourth-order valence-corrected chi connectivity index (χ4v) is 4.24. The maximum Gasteiger partial charge on any atom is 0.295 e. The van der Waals surface area contributed by atoms with Gasteiger partial charge in [0.1, 0.15) is 17.3 Å². The average molecular weight is 437 g/mol. The van der Waals surface area contributed by atoms with Crippen molar-refractivity contribution in [3.63, 3.8) is 0 Å². The monoisotopic (exact) mass is 437 g/mol. The van der Waals surface area contributed by atoms with Crippen molar-refractivity contribution in [3.8, 4) is 11.5 Å². The van der Waals surface area contributed by atoms with Crippen LogP contribution >= 0.6 is 0 Å². The summed E-state index contributed by atoms with van der Waals surface area (Å²) < 4.78 is 16.4. The number of nitrogens with zero attached hydrogens (tertiary/aromatic N) is 1. The minimum absolute atomic E-state index is 0.0716. The normalized spacial score (nSPS) is 22.4. The summed E-state index contributed by atoms with van der Waals surface area (Å²) in [6, 6.07) is 13.3. The van der Waals surface area contributed by atoms with E-state index in [-0.39, 0.29) is 17.4 Å². The number of carbonyl (C=O) groups is 2. The van der Waals surface area contributed by atoms with Gasteiger partial charge in [-0.15, -0.1) is 0 Å². The first kappa shape index (κ1) is 21.9. The van der Waals surface area contributed by atoms with Crippen LogP contribution in [-0.4, -0.2) is 54.7 Å². The van der Waals surface area contributed by atoms with E-state index in [0.29, 0.717) is 36.8 Å². The zero-order valence-electron chi connectivity index (χ0n) is 18.2. The zero-order chi connectivity index (χ0) is 22.7. The molecule has 1 amide bonds. The van der Waals surface area contributed by atoms with Crippen molar-refractivity contribution < 1.29 is 28.9 Å². The van der Waals surface area contributed by atoms with E-state index in [2.05, 4.69) is 0 Å². The van der Waals surface area contributed by atoms with Crippen LogP contribution in [0.5, 0.6) is 11.5 Å². The number of aliphatic hydroxyl groups is 1. The van der Waals surface area contributed by atoms with Gasteiger partial charge >= 0.3 is 0 Å². The SMILES string of the molecule is CCOc1ccc(C(O)=C2C(=O)C(=O)N(CC3CCCO3)C2c2ccc(OC)cc2)cc1. The van der Waals surface area contributed by atoms with E-state index in [1.165, 1.54) is 4.90 Å². The highest BCUT2D eigenvalue weighted by Gasteiger charge is 2.47. The summed E-state index contributed by atoms with van der Waals surface area (Å²) in [4.78, 5) is 27.6. The lowest BCUT2D eigenvalue weighted by atomic mass is 9.95. The van der Waals surface area contributed by atoms with Crippen LogP contribution in [0.1, 0.15) is 36.9 Å². The van der Waals surface area contributed by atoms with Gasteiger partial charge in [-0.1, -0.05) is 12.1 Å². The second-order valence-corrected chi connectivity index (χ2v) is 7.82. The molecule has 0 spiro atoms. The van der Waals surface area contributed by atoms with Crippen LogP contribution in [0.2, 0.25) is 0 Å². The second kappa shape index (κ2) is 9.44. The first-order valence-corrected chi connectivity index (χ1v) is 10.8. The molecule has 0 bridgehead atoms. The number of ketones is 1. The molecule has 7 heteroatoms. The molecule has 0 radical (unpaired) electrons. The molecule has 2 heterocycles. The number of amides is 1. The molecule has 2 aromatic rings. The molecule has 4 rings (SSSR count). The maximum absolute atomic E-state index is 13.1. The highest BCUT2D eigenvalue weighted by Crippen LogP contribution is 2.40. The summed E-state index contributed by atoms with van der Waals surface area (Å²) in [5.74, 6) is -0.211. The number of carbonyl (C=O) groups excluding carboxylic acids is 2. The van der Waals surface area contributed by atoms with E-state index >= 15 is 0 Å². The molecule has 32 heavy (non-hydrogen) atoms. The Morgan fingerprint density at radius 2 is 1.78 bits per heavy atom. The van der Waals surface area contributed by atoms with Crippen LogP contribution in [0.4, 0.5) is 0 Å². The average Bonchev–Trinajstić information content (AvgIpc) is 3.42. The Morgan fingerprint density at radius 3 is 2.38 bits per heavy atom. The summed E-state index contributed by atoms with van der Waals surface area (Å²) in [5.41, 5.74) is 1.24. The number of benzene rings is 2. The van der Waals surface area contributed by atoms with Crippen molar-refractivity contribution in [1.29, 1.82) is 0 Å². The zero-order valence-corrected chi connectivity index (χ0v) is 18.2. The quantitative estimate of drug-likeness (QED) is 0.404. The first-order valence-electron chi connectivity index (χ1n) is 10.8. The minimum atomic E-state index is -0.711. The van der Waals surface area contributed by atoms with Gasteiger partial charge in [-0.05, 0) is 61.7 Å². The number of ether oxygens (including phenoxy) is 3. The largest absolute Gasteiger partial charge is 0.507 e. The van der Waals surface area contributed by atoms with Crippen molar-refractivity contribution in [3.05, 3.63) is 65.2 Å². The van der Waals surface area contributed by atoms with Crippen LogP contribution in [0, 0.1) is 0 Å². The third-order valence-electron chi connectivity index (χ3n) is 5.83. The van der Waals surface area contributed by atoms with Crippen molar-refractivity contribution in [2.24, 2.45) is 0 Å². The smallest absolute Gasteiger partial charge is 0.295 e. The number of aliphatic hydroxyl groups excluding tert-OH is 1. The van der Waals surface area contributed by atoms with Gasteiger partial charge < -0.3 is 24.2 Å². The number of likely N-dealkylation sites (tertiary alicyclic amines) is 1. The molecule has 0 aromatic heterocycles. The third-order valence-corrected chi connectivity index (χ3v) is 5.83. The number of hydrogen-bond acceptors (Lipinski definition) is 6. The summed E-state index contributed by atoms with van der Waals surface area (Å²) in [5, 5.41) is 11.1. The molecule has 2 atom stereocenters. The minimum Gasteiger partial charge on any atom is -0.507 e. The Morgan fingerprint density at radius 1 is 1.09 bits per heavy atom. The van der Waals surface area contributed by atoms with Gasteiger partial charge in [-0.3, -0.25) is 9.59 Å². The summed E-state index contributed by atoms with van der Waals surface area (Å²) in [6.07, 6.45) is 1.63. The Kier molecular flexibility index (Phi) is 6.46. The highest BCUT2D eigenvalue weighted by molar-refractivity contribution is 6.46. The molecule has 168 valence electrons. The van der Waals surface area contributed by atoms with Crippen LogP contribution in [-0.2, 0) is 14.3 Å². The molecule has 2 fully saturated rings. The van der Waals surface area contributed by atoms with Crippen LogP contribution in [0.3, 0.4) is 0 Å². The summed E-state index contributed by atoms with van der Waals surface area (Å²) in [7, 11) is 1.57.